The maximum absolute atomic E-state index is 6.18. The van der Waals surface area contributed by atoms with Crippen LogP contribution in [0.2, 0.25) is 5.02 Å². The largest absolute Gasteiger partial charge is 0.324 e. The third-order valence-corrected chi connectivity index (χ3v) is 3.97. The van der Waals surface area contributed by atoms with Crippen LogP contribution in [0.4, 0.5) is 11.6 Å². The van der Waals surface area contributed by atoms with Crippen molar-refractivity contribution in [1.29, 1.82) is 0 Å². The van der Waals surface area contributed by atoms with Gasteiger partial charge < -0.3 is 5.32 Å². The lowest BCUT2D eigenvalue weighted by Crippen LogP contribution is -1.99. The van der Waals surface area contributed by atoms with Crippen molar-refractivity contribution in [2.24, 2.45) is 0 Å². The first-order chi connectivity index (χ1) is 11.8. The van der Waals surface area contributed by atoms with E-state index in [0.29, 0.717) is 11.0 Å². The molecule has 0 spiro atoms. The van der Waals surface area contributed by atoms with E-state index in [9.17, 15) is 0 Å². The van der Waals surface area contributed by atoms with Gasteiger partial charge in [-0.25, -0.2) is 9.97 Å². The van der Waals surface area contributed by atoms with Crippen molar-refractivity contribution < 1.29 is 0 Å². The van der Waals surface area contributed by atoms with Crippen LogP contribution in [0.5, 0.6) is 0 Å². The minimum Gasteiger partial charge on any atom is -0.324 e. The molecule has 4 aromatic rings. The molecule has 0 saturated carbocycles. The molecule has 3 aromatic carbocycles. The van der Waals surface area contributed by atoms with Crippen molar-refractivity contribution in [3.8, 4) is 11.3 Å². The van der Waals surface area contributed by atoms with Gasteiger partial charge in [-0.05, 0) is 30.3 Å². The van der Waals surface area contributed by atoms with Crippen molar-refractivity contribution in [2.75, 3.05) is 5.32 Å². The van der Waals surface area contributed by atoms with Gasteiger partial charge in [-0.2, -0.15) is 0 Å². The Hall–Kier alpha value is -2.91. The van der Waals surface area contributed by atoms with Crippen LogP contribution in [0, 0.1) is 0 Å². The summed E-state index contributed by atoms with van der Waals surface area (Å²) in [5, 5.41) is 4.88. The molecule has 0 unspecified atom stereocenters. The average Bonchev–Trinajstić information content (AvgIpc) is 2.63. The number of nitrogens with one attached hydrogen (secondary N) is 1. The van der Waals surface area contributed by atoms with E-state index in [4.69, 9.17) is 16.6 Å². The first-order valence-electron chi connectivity index (χ1n) is 7.64. The van der Waals surface area contributed by atoms with E-state index in [1.54, 1.807) is 0 Å². The molecule has 116 valence electrons. The minimum atomic E-state index is 0.565. The second-order valence-corrected chi connectivity index (χ2v) is 5.85. The van der Waals surface area contributed by atoms with E-state index in [0.717, 1.165) is 27.8 Å². The molecular formula is C20H14ClN3. The fourth-order valence-corrected chi connectivity index (χ4v) is 2.80. The summed E-state index contributed by atoms with van der Waals surface area (Å²) in [7, 11) is 0. The molecule has 0 atom stereocenters. The quantitative estimate of drug-likeness (QED) is 0.523. The lowest BCUT2D eigenvalue weighted by molar-refractivity contribution is 1.22. The van der Waals surface area contributed by atoms with Crippen LogP contribution >= 0.6 is 11.6 Å². The highest BCUT2D eigenvalue weighted by Gasteiger charge is 2.10. The second-order valence-electron chi connectivity index (χ2n) is 5.41. The zero-order chi connectivity index (χ0) is 16.4. The summed E-state index contributed by atoms with van der Waals surface area (Å²) in [5.41, 5.74) is 3.70. The molecule has 0 aliphatic heterocycles. The van der Waals surface area contributed by atoms with Gasteiger partial charge in [0.25, 0.3) is 0 Å². The lowest BCUT2D eigenvalue weighted by atomic mass is 10.1. The Morgan fingerprint density at radius 1 is 0.750 bits per heavy atom. The zero-order valence-electron chi connectivity index (χ0n) is 12.8. The smallest absolute Gasteiger partial charge is 0.228 e. The molecule has 0 fully saturated rings. The number of anilines is 2. The van der Waals surface area contributed by atoms with Crippen molar-refractivity contribution in [2.45, 2.75) is 0 Å². The molecule has 0 bridgehead atoms. The van der Waals surface area contributed by atoms with Crippen LogP contribution < -0.4 is 5.32 Å². The van der Waals surface area contributed by atoms with Gasteiger partial charge >= 0.3 is 0 Å². The first kappa shape index (κ1) is 14.7. The van der Waals surface area contributed by atoms with E-state index in [2.05, 4.69) is 10.3 Å². The Balaban J connectivity index is 1.89. The molecule has 4 rings (SSSR count). The summed E-state index contributed by atoms with van der Waals surface area (Å²) in [6, 6.07) is 25.6. The van der Waals surface area contributed by atoms with E-state index in [1.807, 2.05) is 78.9 Å². The molecule has 1 heterocycles. The fourth-order valence-electron chi connectivity index (χ4n) is 2.62. The maximum atomic E-state index is 6.18. The van der Waals surface area contributed by atoms with Gasteiger partial charge in [0.1, 0.15) is 0 Å². The molecule has 1 N–H and O–H groups in total. The van der Waals surface area contributed by atoms with Crippen LogP contribution in [0.3, 0.4) is 0 Å². The van der Waals surface area contributed by atoms with Crippen LogP contribution in [-0.2, 0) is 0 Å². The highest BCUT2D eigenvalue weighted by Crippen LogP contribution is 2.30. The Labute approximate surface area is 145 Å². The predicted molar refractivity (Wildman–Crippen MR) is 99.7 cm³/mol. The number of hydrogen-bond donors (Lipinski definition) is 1. The van der Waals surface area contributed by atoms with Gasteiger partial charge in [0, 0.05) is 21.7 Å². The van der Waals surface area contributed by atoms with Gasteiger partial charge in [0.2, 0.25) is 5.95 Å². The Morgan fingerprint density at radius 3 is 2.21 bits per heavy atom. The molecule has 4 heteroatoms. The number of aromatic nitrogens is 2. The first-order valence-corrected chi connectivity index (χ1v) is 8.02. The van der Waals surface area contributed by atoms with Gasteiger partial charge in [0.15, 0.2) is 0 Å². The average molecular weight is 332 g/mol. The number of para-hydroxylation sites is 1. The highest BCUT2D eigenvalue weighted by molar-refractivity contribution is 6.31. The standard InChI is InChI=1S/C20H14ClN3/c21-15-11-12-18-17(13-15)19(14-7-3-1-4-8-14)24-20(23-18)22-16-9-5-2-6-10-16/h1-13H,(H,22,23,24). The second kappa shape index (κ2) is 6.30. The monoisotopic (exact) mass is 331 g/mol. The van der Waals surface area contributed by atoms with Crippen molar-refractivity contribution >= 4 is 34.1 Å². The minimum absolute atomic E-state index is 0.565. The summed E-state index contributed by atoms with van der Waals surface area (Å²) in [6.45, 7) is 0. The molecule has 0 radical (unpaired) electrons. The molecule has 3 nitrogen and oxygen atoms in total. The number of hydrogen-bond acceptors (Lipinski definition) is 3. The van der Waals surface area contributed by atoms with Crippen molar-refractivity contribution in [3.05, 3.63) is 83.9 Å². The Morgan fingerprint density at radius 2 is 1.46 bits per heavy atom. The number of fused-ring (bicyclic) bond motifs is 1. The van der Waals surface area contributed by atoms with Crippen LogP contribution in [-0.4, -0.2) is 9.97 Å². The van der Waals surface area contributed by atoms with E-state index in [-0.39, 0.29) is 0 Å². The summed E-state index contributed by atoms with van der Waals surface area (Å²) in [6.07, 6.45) is 0. The molecule has 1 aromatic heterocycles. The SMILES string of the molecule is Clc1ccc2nc(Nc3ccccc3)nc(-c3ccccc3)c2c1. The fraction of sp³-hybridized carbons (Fsp3) is 0. The number of rotatable bonds is 3. The van der Waals surface area contributed by atoms with Gasteiger partial charge in [0.05, 0.1) is 11.2 Å². The maximum Gasteiger partial charge on any atom is 0.228 e. The van der Waals surface area contributed by atoms with E-state index < -0.39 is 0 Å². The summed E-state index contributed by atoms with van der Waals surface area (Å²) < 4.78 is 0. The lowest BCUT2D eigenvalue weighted by Gasteiger charge is -2.11. The molecule has 24 heavy (non-hydrogen) atoms. The van der Waals surface area contributed by atoms with Gasteiger partial charge in [-0.1, -0.05) is 60.1 Å². The Kier molecular flexibility index (Phi) is 3.85. The predicted octanol–water partition coefficient (Wildman–Crippen LogP) is 5.69. The molecule has 0 amide bonds. The number of benzene rings is 3. The Bertz CT molecular complexity index is 986. The highest BCUT2D eigenvalue weighted by atomic mass is 35.5. The molecule has 0 aliphatic carbocycles. The van der Waals surface area contributed by atoms with Crippen molar-refractivity contribution in [3.63, 3.8) is 0 Å². The third-order valence-electron chi connectivity index (χ3n) is 3.73. The number of nitrogens with zero attached hydrogens (tertiary/aromatic N) is 2. The third kappa shape index (κ3) is 2.94. The molecule has 0 aliphatic rings. The summed E-state index contributed by atoms with van der Waals surface area (Å²) >= 11 is 6.18. The topological polar surface area (TPSA) is 37.8 Å². The zero-order valence-corrected chi connectivity index (χ0v) is 13.5. The number of halogens is 1. The van der Waals surface area contributed by atoms with Crippen LogP contribution in [0.25, 0.3) is 22.2 Å². The summed E-state index contributed by atoms with van der Waals surface area (Å²) in [4.78, 5) is 9.34. The van der Waals surface area contributed by atoms with Gasteiger partial charge in [-0.15, -0.1) is 0 Å². The van der Waals surface area contributed by atoms with Gasteiger partial charge in [-0.3, -0.25) is 0 Å². The molecular weight excluding hydrogens is 318 g/mol. The van der Waals surface area contributed by atoms with Crippen LogP contribution in [0.15, 0.2) is 78.9 Å². The van der Waals surface area contributed by atoms with E-state index in [1.165, 1.54) is 0 Å². The molecule has 0 saturated heterocycles. The van der Waals surface area contributed by atoms with Crippen molar-refractivity contribution in [1.82, 2.24) is 9.97 Å². The van der Waals surface area contributed by atoms with Crippen LogP contribution in [0.1, 0.15) is 0 Å². The van der Waals surface area contributed by atoms with E-state index >= 15 is 0 Å². The summed E-state index contributed by atoms with van der Waals surface area (Å²) in [5.74, 6) is 0.565. The normalized spacial score (nSPS) is 10.7.